The van der Waals surface area contributed by atoms with Crippen molar-refractivity contribution in [2.75, 3.05) is 13.7 Å². The van der Waals surface area contributed by atoms with Crippen LogP contribution in [0.15, 0.2) is 23.0 Å². The van der Waals surface area contributed by atoms with Crippen molar-refractivity contribution in [1.29, 1.82) is 0 Å². The lowest BCUT2D eigenvalue weighted by Crippen LogP contribution is -2.27. The van der Waals surface area contributed by atoms with Crippen molar-refractivity contribution in [3.05, 3.63) is 45.1 Å². The van der Waals surface area contributed by atoms with E-state index < -0.39 is 0 Å². The Morgan fingerprint density at radius 1 is 1.48 bits per heavy atom. The van der Waals surface area contributed by atoms with Gasteiger partial charge in [0.15, 0.2) is 0 Å². The van der Waals surface area contributed by atoms with Crippen molar-refractivity contribution >= 4 is 17.5 Å². The SMILES string of the molecule is COc1ccc(CC(=O)NCCc2n[nH]c(=O)[nH]2)c(Cl)c1. The summed E-state index contributed by atoms with van der Waals surface area (Å²) >= 11 is 6.07. The van der Waals surface area contributed by atoms with Gasteiger partial charge in [0.05, 0.1) is 13.5 Å². The van der Waals surface area contributed by atoms with E-state index in [4.69, 9.17) is 16.3 Å². The highest BCUT2D eigenvalue weighted by atomic mass is 35.5. The molecule has 0 aliphatic heterocycles. The van der Waals surface area contributed by atoms with E-state index >= 15 is 0 Å². The van der Waals surface area contributed by atoms with Crippen LogP contribution in [0.1, 0.15) is 11.4 Å². The van der Waals surface area contributed by atoms with E-state index in [9.17, 15) is 9.59 Å². The number of carbonyl (C=O) groups is 1. The van der Waals surface area contributed by atoms with Crippen molar-refractivity contribution in [2.45, 2.75) is 12.8 Å². The summed E-state index contributed by atoms with van der Waals surface area (Å²) in [6.45, 7) is 0.382. The lowest BCUT2D eigenvalue weighted by Gasteiger charge is -2.07. The van der Waals surface area contributed by atoms with E-state index in [0.29, 0.717) is 29.6 Å². The third kappa shape index (κ3) is 4.35. The van der Waals surface area contributed by atoms with E-state index in [-0.39, 0.29) is 18.0 Å². The van der Waals surface area contributed by atoms with Gasteiger partial charge >= 0.3 is 5.69 Å². The molecule has 1 amide bonds. The van der Waals surface area contributed by atoms with Crippen LogP contribution >= 0.6 is 11.6 Å². The van der Waals surface area contributed by atoms with Crippen LogP contribution in [0.3, 0.4) is 0 Å². The number of methoxy groups -OCH3 is 1. The first-order chi connectivity index (χ1) is 10.1. The fourth-order valence-electron chi connectivity index (χ4n) is 1.78. The Hall–Kier alpha value is -2.28. The number of nitrogens with zero attached hydrogens (tertiary/aromatic N) is 1. The van der Waals surface area contributed by atoms with Gasteiger partial charge in [-0.3, -0.25) is 9.78 Å². The van der Waals surface area contributed by atoms with Gasteiger partial charge in [-0.25, -0.2) is 9.89 Å². The van der Waals surface area contributed by atoms with Crippen molar-refractivity contribution in [3.8, 4) is 5.75 Å². The van der Waals surface area contributed by atoms with E-state index in [1.165, 1.54) is 0 Å². The molecule has 2 rings (SSSR count). The third-order valence-electron chi connectivity index (χ3n) is 2.85. The summed E-state index contributed by atoms with van der Waals surface area (Å²) in [6.07, 6.45) is 0.626. The molecule has 21 heavy (non-hydrogen) atoms. The molecule has 0 aliphatic carbocycles. The van der Waals surface area contributed by atoms with Gasteiger partial charge < -0.3 is 10.1 Å². The minimum Gasteiger partial charge on any atom is -0.497 e. The van der Waals surface area contributed by atoms with Gasteiger partial charge in [-0.1, -0.05) is 17.7 Å². The first-order valence-electron chi connectivity index (χ1n) is 6.31. The molecular formula is C13H15ClN4O3. The molecule has 0 saturated heterocycles. The summed E-state index contributed by atoms with van der Waals surface area (Å²) < 4.78 is 5.05. The standard InChI is InChI=1S/C13H15ClN4O3/c1-21-9-3-2-8(10(14)7-9)6-12(19)15-5-4-11-16-13(20)18-17-11/h2-3,7H,4-6H2,1H3,(H,15,19)(H2,16,17,18,20). The molecule has 1 heterocycles. The average Bonchev–Trinajstić information content (AvgIpc) is 2.86. The molecule has 3 N–H and O–H groups in total. The highest BCUT2D eigenvalue weighted by Gasteiger charge is 2.08. The van der Waals surface area contributed by atoms with Crippen LogP contribution < -0.4 is 15.7 Å². The van der Waals surface area contributed by atoms with E-state index in [1.807, 2.05) is 0 Å². The number of hydrogen-bond donors (Lipinski definition) is 3. The van der Waals surface area contributed by atoms with Crippen LogP contribution in [0.2, 0.25) is 5.02 Å². The number of rotatable bonds is 6. The predicted octanol–water partition coefficient (Wildman–Crippen LogP) is 0.661. The highest BCUT2D eigenvalue weighted by Crippen LogP contribution is 2.22. The highest BCUT2D eigenvalue weighted by molar-refractivity contribution is 6.31. The summed E-state index contributed by atoms with van der Waals surface area (Å²) in [7, 11) is 1.55. The van der Waals surface area contributed by atoms with Crippen molar-refractivity contribution in [2.24, 2.45) is 0 Å². The second-order valence-corrected chi connectivity index (χ2v) is 4.77. The van der Waals surface area contributed by atoms with Crippen molar-refractivity contribution in [3.63, 3.8) is 0 Å². The van der Waals surface area contributed by atoms with Gasteiger partial charge in [-0.15, -0.1) is 0 Å². The second kappa shape index (κ2) is 6.94. The van der Waals surface area contributed by atoms with Crippen LogP contribution in [0, 0.1) is 0 Å². The number of aromatic amines is 2. The fraction of sp³-hybridized carbons (Fsp3) is 0.308. The fourth-order valence-corrected chi connectivity index (χ4v) is 2.02. The molecule has 8 heteroatoms. The maximum absolute atomic E-state index is 11.8. The normalized spacial score (nSPS) is 10.4. The van der Waals surface area contributed by atoms with E-state index in [2.05, 4.69) is 20.5 Å². The van der Waals surface area contributed by atoms with Crippen LogP contribution in [-0.2, 0) is 17.6 Å². The molecule has 112 valence electrons. The maximum atomic E-state index is 11.8. The zero-order valence-electron chi connectivity index (χ0n) is 11.4. The Morgan fingerprint density at radius 2 is 2.29 bits per heavy atom. The minimum absolute atomic E-state index is 0.153. The minimum atomic E-state index is -0.360. The molecule has 2 aromatic rings. The zero-order valence-corrected chi connectivity index (χ0v) is 12.2. The Kier molecular flexibility index (Phi) is 4.99. The number of benzene rings is 1. The van der Waals surface area contributed by atoms with Crippen LogP contribution in [0.4, 0.5) is 0 Å². The summed E-state index contributed by atoms with van der Waals surface area (Å²) in [4.78, 5) is 25.2. The average molecular weight is 311 g/mol. The van der Waals surface area contributed by atoms with Gasteiger partial charge in [0.25, 0.3) is 0 Å². The molecule has 0 bridgehead atoms. The summed E-state index contributed by atoms with van der Waals surface area (Å²) in [5.74, 6) is 0.995. The first kappa shape index (κ1) is 15.1. The van der Waals surface area contributed by atoms with Gasteiger partial charge in [0.1, 0.15) is 11.6 Å². The monoisotopic (exact) mass is 310 g/mol. The van der Waals surface area contributed by atoms with Crippen LogP contribution in [0.25, 0.3) is 0 Å². The predicted molar refractivity (Wildman–Crippen MR) is 77.6 cm³/mol. The number of carbonyl (C=O) groups excluding carboxylic acids is 1. The molecule has 1 aromatic heterocycles. The van der Waals surface area contributed by atoms with Gasteiger partial charge in [-0.2, -0.15) is 5.10 Å². The molecule has 7 nitrogen and oxygen atoms in total. The molecule has 1 aromatic carbocycles. The van der Waals surface area contributed by atoms with Crippen molar-refractivity contribution in [1.82, 2.24) is 20.5 Å². The zero-order chi connectivity index (χ0) is 15.2. The summed E-state index contributed by atoms with van der Waals surface area (Å²) in [5.41, 5.74) is 0.365. The molecule has 0 radical (unpaired) electrons. The number of ether oxygens (including phenoxy) is 1. The smallest absolute Gasteiger partial charge is 0.340 e. The second-order valence-electron chi connectivity index (χ2n) is 4.36. The number of halogens is 1. The summed E-state index contributed by atoms with van der Waals surface area (Å²) in [5, 5.41) is 9.24. The Balaban J connectivity index is 1.83. The molecule has 0 saturated carbocycles. The van der Waals surface area contributed by atoms with Gasteiger partial charge in [0.2, 0.25) is 5.91 Å². The van der Waals surface area contributed by atoms with Crippen molar-refractivity contribution < 1.29 is 9.53 Å². The Morgan fingerprint density at radius 3 is 2.90 bits per heavy atom. The largest absolute Gasteiger partial charge is 0.497 e. The molecule has 0 spiro atoms. The Bertz CT molecular complexity index is 680. The van der Waals surface area contributed by atoms with E-state index in [0.717, 1.165) is 5.56 Å². The maximum Gasteiger partial charge on any atom is 0.340 e. The van der Waals surface area contributed by atoms with E-state index in [1.54, 1.807) is 25.3 Å². The molecule has 0 unspecified atom stereocenters. The first-order valence-corrected chi connectivity index (χ1v) is 6.69. The Labute approximate surface area is 125 Å². The third-order valence-corrected chi connectivity index (χ3v) is 3.20. The number of aromatic nitrogens is 3. The molecular weight excluding hydrogens is 296 g/mol. The quantitative estimate of drug-likeness (QED) is 0.730. The molecule has 0 fully saturated rings. The number of amides is 1. The number of H-pyrrole nitrogens is 2. The summed E-state index contributed by atoms with van der Waals surface area (Å²) in [6, 6.07) is 5.17. The lowest BCUT2D eigenvalue weighted by atomic mass is 10.1. The topological polar surface area (TPSA) is 99.9 Å². The van der Waals surface area contributed by atoms with Crippen LogP contribution in [0.5, 0.6) is 5.75 Å². The number of nitrogens with one attached hydrogen (secondary N) is 3. The van der Waals surface area contributed by atoms with Gasteiger partial charge in [-0.05, 0) is 17.7 Å². The lowest BCUT2D eigenvalue weighted by molar-refractivity contribution is -0.120. The van der Waals surface area contributed by atoms with Gasteiger partial charge in [0, 0.05) is 18.0 Å². The molecule has 0 aliphatic rings. The molecule has 0 atom stereocenters. The number of hydrogen-bond acceptors (Lipinski definition) is 4. The van der Waals surface area contributed by atoms with Crippen LogP contribution in [-0.4, -0.2) is 34.7 Å².